The number of carbonyl (C=O) groups is 1. The molecule has 2 aromatic carbocycles. The number of rotatable bonds is 10. The van der Waals surface area contributed by atoms with Crippen LogP contribution in [0, 0.1) is 0 Å². The zero-order chi connectivity index (χ0) is 23.7. The van der Waals surface area contributed by atoms with Crippen LogP contribution in [0.5, 0.6) is 5.75 Å². The number of carbonyl (C=O) groups excluding carboxylic acids is 1. The van der Waals surface area contributed by atoms with Crippen LogP contribution in [-0.4, -0.2) is 42.9 Å². The van der Waals surface area contributed by atoms with Crippen LogP contribution in [0.3, 0.4) is 0 Å². The molecule has 32 heavy (non-hydrogen) atoms. The Morgan fingerprint density at radius 2 is 1.69 bits per heavy atom. The summed E-state index contributed by atoms with van der Waals surface area (Å²) in [6.45, 7) is 11.3. The van der Waals surface area contributed by atoms with Gasteiger partial charge in [0, 0.05) is 18.8 Å². The van der Waals surface area contributed by atoms with E-state index >= 15 is 0 Å². The SMILES string of the molecule is C=CCN(CC=C)S(=O)(=O)c1ccc(NC(=S)NC(=O)c2ccccc2OC(C)C)cc1. The summed E-state index contributed by atoms with van der Waals surface area (Å²) in [6.07, 6.45) is 2.95. The van der Waals surface area contributed by atoms with Gasteiger partial charge in [0.05, 0.1) is 16.6 Å². The van der Waals surface area contributed by atoms with E-state index in [4.69, 9.17) is 17.0 Å². The molecule has 0 spiro atoms. The molecule has 0 atom stereocenters. The summed E-state index contributed by atoms with van der Waals surface area (Å²) in [5.41, 5.74) is 0.885. The lowest BCUT2D eigenvalue weighted by Gasteiger charge is -2.19. The molecule has 7 nitrogen and oxygen atoms in total. The van der Waals surface area contributed by atoms with Crippen molar-refractivity contribution >= 4 is 38.9 Å². The van der Waals surface area contributed by atoms with Crippen molar-refractivity contribution < 1.29 is 17.9 Å². The molecule has 0 heterocycles. The zero-order valence-electron chi connectivity index (χ0n) is 18.1. The quantitative estimate of drug-likeness (QED) is 0.401. The van der Waals surface area contributed by atoms with Gasteiger partial charge in [0.1, 0.15) is 5.75 Å². The number of amides is 1. The molecule has 0 radical (unpaired) electrons. The van der Waals surface area contributed by atoms with Crippen molar-refractivity contribution in [3.05, 3.63) is 79.4 Å². The van der Waals surface area contributed by atoms with Crippen molar-refractivity contribution in [1.82, 2.24) is 9.62 Å². The summed E-state index contributed by atoms with van der Waals surface area (Å²) in [6, 6.07) is 13.0. The predicted octanol–water partition coefficient (Wildman–Crippen LogP) is 3.96. The first-order chi connectivity index (χ1) is 15.2. The first kappa shape index (κ1) is 25.3. The van der Waals surface area contributed by atoms with Gasteiger partial charge >= 0.3 is 0 Å². The van der Waals surface area contributed by atoms with E-state index in [9.17, 15) is 13.2 Å². The van der Waals surface area contributed by atoms with Crippen molar-refractivity contribution in [3.63, 3.8) is 0 Å². The summed E-state index contributed by atoms with van der Waals surface area (Å²) in [5.74, 6) is 0.0448. The van der Waals surface area contributed by atoms with Crippen LogP contribution in [0.2, 0.25) is 0 Å². The fourth-order valence-electron chi connectivity index (χ4n) is 2.76. The molecule has 0 aliphatic heterocycles. The number of ether oxygens (including phenoxy) is 1. The van der Waals surface area contributed by atoms with Gasteiger partial charge in [-0.25, -0.2) is 8.42 Å². The van der Waals surface area contributed by atoms with E-state index in [1.807, 2.05) is 13.8 Å². The number of nitrogens with zero attached hydrogens (tertiary/aromatic N) is 1. The van der Waals surface area contributed by atoms with Gasteiger partial charge in [0.2, 0.25) is 10.0 Å². The Kier molecular flexibility index (Phi) is 9.13. The van der Waals surface area contributed by atoms with Crippen molar-refractivity contribution in [3.8, 4) is 5.75 Å². The second-order valence-electron chi connectivity index (χ2n) is 6.99. The van der Waals surface area contributed by atoms with E-state index in [-0.39, 0.29) is 29.2 Å². The molecule has 9 heteroatoms. The number of hydrogen-bond donors (Lipinski definition) is 2. The van der Waals surface area contributed by atoms with E-state index in [1.54, 1.807) is 36.4 Å². The Hall–Kier alpha value is -3.01. The summed E-state index contributed by atoms with van der Waals surface area (Å²) in [7, 11) is -3.69. The van der Waals surface area contributed by atoms with Gasteiger partial charge in [-0.1, -0.05) is 24.3 Å². The average Bonchev–Trinajstić information content (AvgIpc) is 2.73. The Morgan fingerprint density at radius 3 is 2.25 bits per heavy atom. The summed E-state index contributed by atoms with van der Waals surface area (Å²) < 4.78 is 32.5. The topological polar surface area (TPSA) is 87.7 Å². The third-order valence-electron chi connectivity index (χ3n) is 4.14. The van der Waals surface area contributed by atoms with Crippen molar-refractivity contribution in [1.29, 1.82) is 0 Å². The summed E-state index contributed by atoms with van der Waals surface area (Å²) in [4.78, 5) is 12.7. The number of benzene rings is 2. The molecule has 0 saturated heterocycles. The van der Waals surface area contributed by atoms with Crippen LogP contribution in [0.25, 0.3) is 0 Å². The Labute approximate surface area is 194 Å². The van der Waals surface area contributed by atoms with Crippen molar-refractivity contribution in [2.24, 2.45) is 0 Å². The maximum Gasteiger partial charge on any atom is 0.261 e. The lowest BCUT2D eigenvalue weighted by Crippen LogP contribution is -2.34. The standard InChI is InChI=1S/C23H27N3O4S2/c1-5-15-26(16-6-2)32(28,29)19-13-11-18(12-14-19)24-23(31)25-22(27)20-9-7-8-10-21(20)30-17(3)4/h5-14,17H,1-2,15-16H2,3-4H3,(H2,24,25,27,31). The Balaban J connectivity index is 2.08. The van der Waals surface area contributed by atoms with Crippen LogP contribution in [-0.2, 0) is 10.0 Å². The maximum absolute atomic E-state index is 12.8. The molecule has 2 rings (SSSR count). The highest BCUT2D eigenvalue weighted by Gasteiger charge is 2.22. The molecule has 2 aromatic rings. The largest absolute Gasteiger partial charge is 0.490 e. The van der Waals surface area contributed by atoms with Gasteiger partial charge in [-0.2, -0.15) is 4.31 Å². The molecule has 170 valence electrons. The fourth-order valence-corrected chi connectivity index (χ4v) is 4.35. The minimum Gasteiger partial charge on any atom is -0.490 e. The minimum atomic E-state index is -3.69. The highest BCUT2D eigenvalue weighted by Crippen LogP contribution is 2.20. The number of nitrogens with one attached hydrogen (secondary N) is 2. The molecule has 2 N–H and O–H groups in total. The van der Waals surface area contributed by atoms with Crippen LogP contribution in [0.15, 0.2) is 78.7 Å². The van der Waals surface area contributed by atoms with Crippen molar-refractivity contribution in [2.45, 2.75) is 24.8 Å². The second-order valence-corrected chi connectivity index (χ2v) is 9.34. The minimum absolute atomic E-state index is 0.0740. The monoisotopic (exact) mass is 473 g/mol. The van der Waals surface area contributed by atoms with Crippen LogP contribution in [0.1, 0.15) is 24.2 Å². The van der Waals surface area contributed by atoms with Gasteiger partial charge in [0.15, 0.2) is 5.11 Å². The number of para-hydroxylation sites is 1. The van der Waals surface area contributed by atoms with Gasteiger partial charge in [0.25, 0.3) is 5.91 Å². The van der Waals surface area contributed by atoms with Gasteiger partial charge < -0.3 is 10.1 Å². The highest BCUT2D eigenvalue weighted by molar-refractivity contribution is 7.89. The average molecular weight is 474 g/mol. The van der Waals surface area contributed by atoms with Gasteiger partial charge in [-0.3, -0.25) is 10.1 Å². The molecule has 0 fully saturated rings. The molecule has 0 saturated carbocycles. The van der Waals surface area contributed by atoms with Gasteiger partial charge in [-0.15, -0.1) is 13.2 Å². The third-order valence-corrected chi connectivity index (χ3v) is 6.19. The maximum atomic E-state index is 12.8. The summed E-state index contributed by atoms with van der Waals surface area (Å²) in [5, 5.41) is 5.56. The smallest absolute Gasteiger partial charge is 0.261 e. The second kappa shape index (κ2) is 11.6. The van der Waals surface area contributed by atoms with E-state index in [2.05, 4.69) is 23.8 Å². The van der Waals surface area contributed by atoms with Gasteiger partial charge in [-0.05, 0) is 62.5 Å². The Bertz CT molecular complexity index is 1070. The molecule has 0 aliphatic carbocycles. The lowest BCUT2D eigenvalue weighted by atomic mass is 10.2. The van der Waals surface area contributed by atoms with E-state index in [0.29, 0.717) is 17.0 Å². The first-order valence-corrected chi connectivity index (χ1v) is 11.7. The molecular formula is C23H27N3O4S2. The van der Waals surface area contributed by atoms with E-state index < -0.39 is 15.9 Å². The number of sulfonamides is 1. The normalized spacial score (nSPS) is 11.1. The van der Waals surface area contributed by atoms with Crippen LogP contribution >= 0.6 is 12.2 Å². The number of thiocarbonyl (C=S) groups is 1. The lowest BCUT2D eigenvalue weighted by molar-refractivity contribution is 0.0972. The molecule has 0 bridgehead atoms. The molecule has 1 amide bonds. The summed E-state index contributed by atoms with van der Waals surface area (Å²) >= 11 is 5.23. The molecule has 0 aromatic heterocycles. The first-order valence-electron chi connectivity index (χ1n) is 9.89. The van der Waals surface area contributed by atoms with E-state index in [0.717, 1.165) is 0 Å². The predicted molar refractivity (Wildman–Crippen MR) is 131 cm³/mol. The zero-order valence-corrected chi connectivity index (χ0v) is 19.7. The molecular weight excluding hydrogens is 446 g/mol. The third kappa shape index (κ3) is 6.74. The number of hydrogen-bond acceptors (Lipinski definition) is 5. The van der Waals surface area contributed by atoms with E-state index in [1.165, 1.54) is 28.6 Å². The number of anilines is 1. The van der Waals surface area contributed by atoms with Crippen LogP contribution in [0.4, 0.5) is 5.69 Å². The Morgan fingerprint density at radius 1 is 1.09 bits per heavy atom. The molecule has 0 aliphatic rings. The fraction of sp³-hybridized carbons (Fsp3) is 0.217. The molecule has 0 unspecified atom stereocenters. The highest BCUT2D eigenvalue weighted by atomic mass is 32.2. The van der Waals surface area contributed by atoms with Crippen molar-refractivity contribution in [2.75, 3.05) is 18.4 Å². The van der Waals surface area contributed by atoms with Crippen LogP contribution < -0.4 is 15.4 Å².